The van der Waals surface area contributed by atoms with Crippen LogP contribution in [0, 0.1) is 11.6 Å². The Morgan fingerprint density at radius 3 is 2.55 bits per heavy atom. The maximum Gasteiger partial charge on any atom is 0.257 e. The van der Waals surface area contributed by atoms with E-state index in [0.29, 0.717) is 5.56 Å². The normalized spacial score (nSPS) is 11.1. The van der Waals surface area contributed by atoms with Crippen LogP contribution in [-0.4, -0.2) is 31.0 Å². The van der Waals surface area contributed by atoms with E-state index in [0.717, 1.165) is 12.1 Å². The minimum atomic E-state index is -3.84. The predicted octanol–water partition coefficient (Wildman–Crippen LogP) is 1.12. The Balaban J connectivity index is 2.24. The molecule has 0 unspecified atom stereocenters. The molecule has 0 saturated carbocycles. The minimum Gasteiger partial charge on any atom is -0.383 e. The topological polar surface area (TPSA) is 157 Å². The van der Waals surface area contributed by atoms with Crippen LogP contribution in [0.3, 0.4) is 0 Å². The van der Waals surface area contributed by atoms with Crippen molar-refractivity contribution in [2.75, 3.05) is 16.2 Å². The fourth-order valence-corrected chi connectivity index (χ4v) is 3.54. The summed E-state index contributed by atoms with van der Waals surface area (Å²) in [6, 6.07) is 2.95. The van der Waals surface area contributed by atoms with Gasteiger partial charge in [-0.25, -0.2) is 22.2 Å². The van der Waals surface area contributed by atoms with Crippen molar-refractivity contribution >= 4 is 33.3 Å². The molecule has 0 aliphatic heterocycles. The molecule has 29 heavy (non-hydrogen) atoms. The number of amides is 2. The van der Waals surface area contributed by atoms with E-state index in [9.17, 15) is 26.8 Å². The number of nitrogens with two attached hydrogens (primary N) is 2. The highest BCUT2D eigenvalue weighted by atomic mass is 32.2. The number of carbonyl (C=O) groups excluding carboxylic acids is 2. The lowest BCUT2D eigenvalue weighted by atomic mass is 10.1. The zero-order chi connectivity index (χ0) is 21.8. The highest BCUT2D eigenvalue weighted by molar-refractivity contribution is 7.92. The molecule has 12 heteroatoms. The van der Waals surface area contributed by atoms with Gasteiger partial charge in [-0.3, -0.25) is 14.3 Å². The Morgan fingerprint density at radius 1 is 1.24 bits per heavy atom. The number of hydrogen-bond acceptors (Lipinski definition) is 6. The number of anilines is 2. The number of hydrogen-bond donors (Lipinski definition) is 4. The number of nitrogens with one attached hydrogen (secondary N) is 2. The van der Waals surface area contributed by atoms with Crippen molar-refractivity contribution < 1.29 is 26.8 Å². The van der Waals surface area contributed by atoms with Crippen molar-refractivity contribution in [1.82, 2.24) is 10.3 Å². The van der Waals surface area contributed by atoms with Gasteiger partial charge in [0.1, 0.15) is 17.2 Å². The van der Waals surface area contributed by atoms with Gasteiger partial charge in [-0.2, -0.15) is 0 Å². The molecule has 0 bridgehead atoms. The van der Waals surface area contributed by atoms with Crippen LogP contribution < -0.4 is 21.5 Å². The van der Waals surface area contributed by atoms with Gasteiger partial charge < -0.3 is 16.8 Å². The first-order valence-corrected chi connectivity index (χ1v) is 10.0. The monoisotopic (exact) mass is 427 g/mol. The highest BCUT2D eigenvalue weighted by Gasteiger charge is 2.23. The number of nitrogens with zero attached hydrogens (tertiary/aromatic N) is 1. The molecule has 1 aromatic carbocycles. The van der Waals surface area contributed by atoms with E-state index in [1.807, 2.05) is 4.72 Å². The van der Waals surface area contributed by atoms with E-state index in [2.05, 4.69) is 10.3 Å². The molecular formula is C17H19F2N5O4S. The summed E-state index contributed by atoms with van der Waals surface area (Å²) in [5, 5.41) is 2.27. The molecule has 0 saturated heterocycles. The van der Waals surface area contributed by atoms with Crippen LogP contribution >= 0.6 is 0 Å². The van der Waals surface area contributed by atoms with Gasteiger partial charge in [-0.15, -0.1) is 0 Å². The molecule has 2 amide bonds. The first-order chi connectivity index (χ1) is 13.6. The van der Waals surface area contributed by atoms with Crippen LogP contribution in [0.4, 0.5) is 20.3 Å². The molecule has 0 aliphatic carbocycles. The zero-order valence-corrected chi connectivity index (χ0v) is 16.1. The molecule has 0 radical (unpaired) electrons. The van der Waals surface area contributed by atoms with E-state index >= 15 is 0 Å². The van der Waals surface area contributed by atoms with Gasteiger partial charge in [0.2, 0.25) is 10.0 Å². The molecule has 0 spiro atoms. The number of carbonyl (C=O) groups is 2. The zero-order valence-electron chi connectivity index (χ0n) is 15.3. The first-order valence-electron chi connectivity index (χ1n) is 8.36. The Bertz CT molecular complexity index is 1060. The number of aromatic nitrogens is 1. The fourth-order valence-electron chi connectivity index (χ4n) is 2.41. The second kappa shape index (κ2) is 8.82. The Morgan fingerprint density at radius 2 is 1.93 bits per heavy atom. The fraction of sp³-hybridized carbons (Fsp3) is 0.235. The number of rotatable bonds is 8. The van der Waals surface area contributed by atoms with E-state index in [4.69, 9.17) is 11.5 Å². The number of pyridine rings is 1. The smallest absolute Gasteiger partial charge is 0.257 e. The standard InChI is InChI=1S/C17H19F2N5O4S/c1-2-5-29(27,28)24-12-4-3-11(18)13(14(12)19)17(26)23-8-9-6-10(16(21)25)15(20)22-7-9/h3-4,6-7,24H,2,5,8H2,1H3,(H2,20,22)(H2,21,25)(H,23,26). The molecule has 156 valence electrons. The number of nitrogen functional groups attached to an aromatic ring is 1. The summed E-state index contributed by atoms with van der Waals surface area (Å²) < 4.78 is 54.2. The van der Waals surface area contributed by atoms with Gasteiger partial charge in [0, 0.05) is 12.7 Å². The van der Waals surface area contributed by atoms with E-state index < -0.39 is 44.7 Å². The minimum absolute atomic E-state index is 0.0681. The molecule has 2 rings (SSSR count). The summed E-state index contributed by atoms with van der Waals surface area (Å²) in [7, 11) is -3.84. The van der Waals surface area contributed by atoms with Crippen molar-refractivity contribution in [1.29, 1.82) is 0 Å². The summed E-state index contributed by atoms with van der Waals surface area (Å²) in [4.78, 5) is 27.3. The van der Waals surface area contributed by atoms with Gasteiger partial charge in [-0.1, -0.05) is 6.92 Å². The third-order valence-electron chi connectivity index (χ3n) is 3.75. The summed E-state index contributed by atoms with van der Waals surface area (Å²) in [6.45, 7) is 1.38. The predicted molar refractivity (Wildman–Crippen MR) is 102 cm³/mol. The first kappa shape index (κ1) is 22.0. The highest BCUT2D eigenvalue weighted by Crippen LogP contribution is 2.22. The van der Waals surface area contributed by atoms with E-state index in [-0.39, 0.29) is 30.1 Å². The van der Waals surface area contributed by atoms with Crippen molar-refractivity contribution in [3.8, 4) is 0 Å². The number of sulfonamides is 1. The molecule has 1 heterocycles. The molecule has 2 aromatic rings. The van der Waals surface area contributed by atoms with Gasteiger partial charge in [0.05, 0.1) is 17.0 Å². The van der Waals surface area contributed by atoms with Crippen molar-refractivity contribution in [3.63, 3.8) is 0 Å². The van der Waals surface area contributed by atoms with Crippen LogP contribution in [0.5, 0.6) is 0 Å². The number of benzene rings is 1. The summed E-state index contributed by atoms with van der Waals surface area (Å²) >= 11 is 0. The maximum atomic E-state index is 14.6. The van der Waals surface area contributed by atoms with Crippen LogP contribution in [0.25, 0.3) is 0 Å². The van der Waals surface area contributed by atoms with Crippen LogP contribution in [0.1, 0.15) is 39.6 Å². The Labute approximate surface area is 165 Å². The van der Waals surface area contributed by atoms with E-state index in [1.165, 1.54) is 12.3 Å². The van der Waals surface area contributed by atoms with E-state index in [1.54, 1.807) is 6.92 Å². The maximum absolute atomic E-state index is 14.6. The molecule has 1 aromatic heterocycles. The molecule has 0 fully saturated rings. The van der Waals surface area contributed by atoms with Crippen molar-refractivity contribution in [2.24, 2.45) is 5.73 Å². The largest absolute Gasteiger partial charge is 0.383 e. The molecule has 9 nitrogen and oxygen atoms in total. The molecular weight excluding hydrogens is 408 g/mol. The third-order valence-corrected chi connectivity index (χ3v) is 5.23. The third kappa shape index (κ3) is 5.38. The van der Waals surface area contributed by atoms with Gasteiger partial charge in [0.15, 0.2) is 5.82 Å². The quantitative estimate of drug-likeness (QED) is 0.494. The lowest BCUT2D eigenvalue weighted by Gasteiger charge is -2.12. The van der Waals surface area contributed by atoms with Crippen LogP contribution in [0.15, 0.2) is 24.4 Å². The summed E-state index contributed by atoms with van der Waals surface area (Å²) in [5.74, 6) is -4.85. The SMILES string of the molecule is CCCS(=O)(=O)Nc1ccc(F)c(C(=O)NCc2cnc(N)c(C(N)=O)c2)c1F. The number of halogens is 2. The average molecular weight is 427 g/mol. The second-order valence-corrected chi connectivity index (χ2v) is 7.87. The Kier molecular flexibility index (Phi) is 6.69. The molecule has 6 N–H and O–H groups in total. The second-order valence-electron chi connectivity index (χ2n) is 6.03. The van der Waals surface area contributed by atoms with Crippen molar-refractivity contribution in [2.45, 2.75) is 19.9 Å². The van der Waals surface area contributed by atoms with Crippen molar-refractivity contribution in [3.05, 3.63) is 52.7 Å². The van der Waals surface area contributed by atoms with Crippen LogP contribution in [-0.2, 0) is 16.6 Å². The van der Waals surface area contributed by atoms with Gasteiger partial charge in [-0.05, 0) is 30.2 Å². The lowest BCUT2D eigenvalue weighted by molar-refractivity contribution is 0.0942. The lowest BCUT2D eigenvalue weighted by Crippen LogP contribution is -2.26. The number of primary amides is 1. The molecule has 0 aliphatic rings. The average Bonchev–Trinajstić information content (AvgIpc) is 2.63. The van der Waals surface area contributed by atoms with Crippen LogP contribution in [0.2, 0.25) is 0 Å². The molecule has 0 atom stereocenters. The van der Waals surface area contributed by atoms with Gasteiger partial charge in [0.25, 0.3) is 11.8 Å². The Hall–Kier alpha value is -3.28. The van der Waals surface area contributed by atoms with Gasteiger partial charge >= 0.3 is 0 Å². The summed E-state index contributed by atoms with van der Waals surface area (Å²) in [5.41, 5.74) is 9.40. The summed E-state index contributed by atoms with van der Waals surface area (Å²) in [6.07, 6.45) is 1.54.